The molecule has 0 unspecified atom stereocenters. The van der Waals surface area contributed by atoms with E-state index in [-0.39, 0.29) is 22.4 Å². The van der Waals surface area contributed by atoms with Crippen LogP contribution >= 0.6 is 0 Å². The SMILES string of the molecule is [Au+].[C-]1=CCCCCCC1. The van der Waals surface area contributed by atoms with E-state index in [1.54, 1.807) is 0 Å². The van der Waals surface area contributed by atoms with Crippen LogP contribution in [-0.4, -0.2) is 0 Å². The largest absolute Gasteiger partial charge is 1.00 e. The van der Waals surface area contributed by atoms with Crippen molar-refractivity contribution in [3.63, 3.8) is 0 Å². The van der Waals surface area contributed by atoms with Crippen molar-refractivity contribution in [1.29, 1.82) is 0 Å². The van der Waals surface area contributed by atoms with Gasteiger partial charge in [0.05, 0.1) is 0 Å². The fraction of sp³-hybridized carbons (Fsp3) is 0.750. The first-order valence-electron chi connectivity index (χ1n) is 3.55. The third-order valence-electron chi connectivity index (χ3n) is 1.56. The van der Waals surface area contributed by atoms with Crippen LogP contribution in [0.25, 0.3) is 0 Å². The predicted octanol–water partition coefficient (Wildman–Crippen LogP) is 2.70. The van der Waals surface area contributed by atoms with Crippen molar-refractivity contribution in [1.82, 2.24) is 0 Å². The Bertz CT molecular complexity index is 66.6. The maximum Gasteiger partial charge on any atom is 1.00 e. The van der Waals surface area contributed by atoms with Gasteiger partial charge in [-0.25, -0.2) is 0 Å². The molecule has 0 radical (unpaired) electrons. The predicted molar refractivity (Wildman–Crippen MR) is 35.5 cm³/mol. The first kappa shape index (κ1) is 9.48. The molecule has 0 aromatic heterocycles. The fourth-order valence-corrected chi connectivity index (χ4v) is 1.03. The summed E-state index contributed by atoms with van der Waals surface area (Å²) in [5.41, 5.74) is 0. The molecule has 1 rings (SSSR count). The molecule has 56 valence electrons. The molecule has 0 saturated carbocycles. The zero-order valence-corrected chi connectivity index (χ0v) is 7.79. The number of allylic oxidation sites excluding steroid dienone is 2. The van der Waals surface area contributed by atoms with Gasteiger partial charge in [0, 0.05) is 0 Å². The average Bonchev–Trinajstić information content (AvgIpc) is 1.62. The average molecular weight is 306 g/mol. The summed E-state index contributed by atoms with van der Waals surface area (Å²) in [6, 6.07) is 0. The topological polar surface area (TPSA) is 0 Å². The zero-order chi connectivity index (χ0) is 5.66. The second kappa shape index (κ2) is 6.60. The van der Waals surface area contributed by atoms with E-state index in [9.17, 15) is 0 Å². The Morgan fingerprint density at radius 1 is 1.00 bits per heavy atom. The van der Waals surface area contributed by atoms with Gasteiger partial charge >= 0.3 is 22.4 Å². The second-order valence-corrected chi connectivity index (χ2v) is 2.36. The van der Waals surface area contributed by atoms with E-state index in [1.807, 2.05) is 0 Å². The molecule has 1 aliphatic carbocycles. The van der Waals surface area contributed by atoms with E-state index in [1.165, 1.54) is 38.5 Å². The minimum atomic E-state index is 0. The summed E-state index contributed by atoms with van der Waals surface area (Å²) in [4.78, 5) is 0. The molecule has 0 saturated heterocycles. The third kappa shape index (κ3) is 4.95. The van der Waals surface area contributed by atoms with Crippen LogP contribution in [0.3, 0.4) is 0 Å². The van der Waals surface area contributed by atoms with E-state index in [0.29, 0.717) is 0 Å². The molecule has 0 amide bonds. The molecule has 0 fully saturated rings. The first-order chi connectivity index (χ1) is 4.00. The van der Waals surface area contributed by atoms with Crippen LogP contribution in [0.1, 0.15) is 38.5 Å². The molecule has 0 spiro atoms. The minimum absolute atomic E-state index is 0. The maximum atomic E-state index is 3.26. The summed E-state index contributed by atoms with van der Waals surface area (Å²) in [6.45, 7) is 0. The van der Waals surface area contributed by atoms with E-state index in [0.717, 1.165) is 0 Å². The van der Waals surface area contributed by atoms with Crippen molar-refractivity contribution in [2.24, 2.45) is 0 Å². The van der Waals surface area contributed by atoms with Crippen LogP contribution in [0.5, 0.6) is 0 Å². The van der Waals surface area contributed by atoms with E-state index < -0.39 is 0 Å². The van der Waals surface area contributed by atoms with Crippen molar-refractivity contribution < 1.29 is 22.4 Å². The van der Waals surface area contributed by atoms with Crippen LogP contribution in [0.4, 0.5) is 0 Å². The molecule has 0 nitrogen and oxygen atoms in total. The molecular formula is C8H13Au. The Morgan fingerprint density at radius 3 is 2.67 bits per heavy atom. The van der Waals surface area contributed by atoms with Crippen molar-refractivity contribution in [3.8, 4) is 0 Å². The molecule has 9 heavy (non-hydrogen) atoms. The van der Waals surface area contributed by atoms with Crippen molar-refractivity contribution >= 4 is 0 Å². The minimum Gasteiger partial charge on any atom is -0.501 e. The van der Waals surface area contributed by atoms with Gasteiger partial charge in [-0.3, -0.25) is 6.08 Å². The van der Waals surface area contributed by atoms with Crippen molar-refractivity contribution in [3.05, 3.63) is 12.2 Å². The third-order valence-corrected chi connectivity index (χ3v) is 1.56. The molecule has 0 heterocycles. The van der Waals surface area contributed by atoms with Crippen LogP contribution in [-0.2, 0) is 22.4 Å². The summed E-state index contributed by atoms with van der Waals surface area (Å²) < 4.78 is 0. The zero-order valence-electron chi connectivity index (χ0n) is 5.62. The molecule has 0 bridgehead atoms. The van der Waals surface area contributed by atoms with Crippen molar-refractivity contribution in [2.75, 3.05) is 0 Å². The summed E-state index contributed by atoms with van der Waals surface area (Å²) in [5.74, 6) is 0. The molecule has 0 aromatic rings. The number of hydrogen-bond acceptors (Lipinski definition) is 0. The first-order valence-corrected chi connectivity index (χ1v) is 3.55. The van der Waals surface area contributed by atoms with Gasteiger partial charge in [0.25, 0.3) is 0 Å². The van der Waals surface area contributed by atoms with E-state index in [4.69, 9.17) is 0 Å². The van der Waals surface area contributed by atoms with Crippen molar-refractivity contribution in [2.45, 2.75) is 38.5 Å². The van der Waals surface area contributed by atoms with Crippen LogP contribution in [0, 0.1) is 6.08 Å². The van der Waals surface area contributed by atoms with Gasteiger partial charge in [0.15, 0.2) is 0 Å². The van der Waals surface area contributed by atoms with Crippen LogP contribution in [0.2, 0.25) is 0 Å². The summed E-state index contributed by atoms with van der Waals surface area (Å²) in [6.07, 6.45) is 13.5. The fourth-order valence-electron chi connectivity index (χ4n) is 1.03. The van der Waals surface area contributed by atoms with E-state index >= 15 is 0 Å². The molecule has 0 aliphatic heterocycles. The Hall–Kier alpha value is 0.480. The number of hydrogen-bond donors (Lipinski definition) is 0. The monoisotopic (exact) mass is 306 g/mol. The molecular weight excluding hydrogens is 293 g/mol. The Morgan fingerprint density at radius 2 is 1.78 bits per heavy atom. The van der Waals surface area contributed by atoms with Crippen LogP contribution < -0.4 is 0 Å². The molecule has 0 aromatic carbocycles. The number of rotatable bonds is 0. The Kier molecular flexibility index (Phi) is 6.95. The Balaban J connectivity index is 0.000000640. The Labute approximate surface area is 73.2 Å². The maximum absolute atomic E-state index is 3.26. The van der Waals surface area contributed by atoms with Gasteiger partial charge in [-0.1, -0.05) is 32.1 Å². The summed E-state index contributed by atoms with van der Waals surface area (Å²) in [7, 11) is 0. The van der Waals surface area contributed by atoms with E-state index in [2.05, 4.69) is 12.2 Å². The molecule has 0 N–H and O–H groups in total. The molecule has 0 atom stereocenters. The molecule has 1 heteroatoms. The summed E-state index contributed by atoms with van der Waals surface area (Å²) >= 11 is 0. The van der Waals surface area contributed by atoms with Gasteiger partial charge in [-0.2, -0.15) is 6.42 Å². The van der Waals surface area contributed by atoms with Gasteiger partial charge in [0.1, 0.15) is 0 Å². The smallest absolute Gasteiger partial charge is 0.501 e. The standard InChI is InChI=1S/C8H13.Au/c1-2-4-6-8-7-5-3-1;/h1H,2,4-8H2;/q-1;+1. The van der Waals surface area contributed by atoms with Gasteiger partial charge in [-0.15, -0.1) is 0 Å². The van der Waals surface area contributed by atoms with Crippen LogP contribution in [0.15, 0.2) is 6.08 Å². The summed E-state index contributed by atoms with van der Waals surface area (Å²) in [5, 5.41) is 0. The van der Waals surface area contributed by atoms with Gasteiger partial charge < -0.3 is 6.08 Å². The van der Waals surface area contributed by atoms with Gasteiger partial charge in [-0.05, 0) is 0 Å². The molecule has 1 aliphatic rings. The second-order valence-electron chi connectivity index (χ2n) is 2.36. The quantitative estimate of drug-likeness (QED) is 0.477. The normalized spacial score (nSPS) is 19.6. The van der Waals surface area contributed by atoms with Gasteiger partial charge in [0.2, 0.25) is 0 Å².